The average Bonchev–Trinajstić information content (AvgIpc) is 2.53. The Bertz CT molecular complexity index is 549. The molecule has 0 fully saturated rings. The topological polar surface area (TPSA) is 18.5 Å². The van der Waals surface area contributed by atoms with Gasteiger partial charge < -0.3 is 9.47 Å². The van der Waals surface area contributed by atoms with E-state index in [1.54, 1.807) is 14.2 Å². The van der Waals surface area contributed by atoms with Gasteiger partial charge in [0, 0.05) is 0 Å². The molecule has 0 bridgehead atoms. The van der Waals surface area contributed by atoms with Gasteiger partial charge in [-0.2, -0.15) is 0 Å². The summed E-state index contributed by atoms with van der Waals surface area (Å²) < 4.78 is 10.5. The second-order valence-electron chi connectivity index (χ2n) is 5.09. The van der Waals surface area contributed by atoms with E-state index in [2.05, 4.69) is 43.1 Å². The van der Waals surface area contributed by atoms with E-state index in [1.165, 1.54) is 16.7 Å². The van der Waals surface area contributed by atoms with Gasteiger partial charge in [-0.05, 0) is 41.0 Å². The number of rotatable bonds is 5. The van der Waals surface area contributed by atoms with Crippen LogP contribution in [0.2, 0.25) is 13.1 Å². The van der Waals surface area contributed by atoms with Crippen LogP contribution in [0.1, 0.15) is 11.1 Å². The molecule has 0 aromatic heterocycles. The van der Waals surface area contributed by atoms with Crippen LogP contribution in [0, 0.1) is 0 Å². The summed E-state index contributed by atoms with van der Waals surface area (Å²) in [6.45, 7) is 4.58. The minimum absolute atomic E-state index is 0.483. The van der Waals surface area contributed by atoms with E-state index < -0.39 is 8.80 Å². The molecular weight excluding hydrogens is 276 g/mol. The van der Waals surface area contributed by atoms with Crippen molar-refractivity contribution in [3.8, 4) is 11.5 Å². The minimum Gasteiger partial charge on any atom is -0.497 e. The molecule has 2 aromatic carbocycles. The van der Waals surface area contributed by atoms with Crippen LogP contribution in [-0.2, 0) is 0 Å². The fraction of sp³-hybridized carbons (Fsp3) is 0.222. The molecule has 2 nitrogen and oxygen atoms in total. The van der Waals surface area contributed by atoms with Gasteiger partial charge in [-0.25, -0.2) is 0 Å². The summed E-state index contributed by atoms with van der Waals surface area (Å²) in [5.74, 6) is 1.76. The first-order valence-electron chi connectivity index (χ1n) is 6.94. The number of benzene rings is 2. The Kier molecular flexibility index (Phi) is 5.23. The molecule has 1 radical (unpaired) electrons. The van der Waals surface area contributed by atoms with Gasteiger partial charge in [0.1, 0.15) is 11.5 Å². The lowest BCUT2D eigenvalue weighted by molar-refractivity contribution is 0.414. The summed E-state index contributed by atoms with van der Waals surface area (Å²) >= 11 is 0. The van der Waals surface area contributed by atoms with Gasteiger partial charge in [0.25, 0.3) is 0 Å². The quantitative estimate of drug-likeness (QED) is 0.760. The van der Waals surface area contributed by atoms with Gasteiger partial charge in [0.05, 0.1) is 23.0 Å². The standard InChI is InChI=1S/C18H21O2Si/c1-19-16-9-5-14(6-10-16)18(13-21(3)4)15-7-11-17(20-2)12-8-15/h5-13H,1-4H3. The van der Waals surface area contributed by atoms with Gasteiger partial charge in [-0.3, -0.25) is 0 Å². The van der Waals surface area contributed by atoms with Gasteiger partial charge in [0.2, 0.25) is 0 Å². The van der Waals surface area contributed by atoms with Crippen molar-refractivity contribution < 1.29 is 9.47 Å². The normalized spacial score (nSPS) is 10.3. The maximum Gasteiger partial charge on any atom is 0.118 e. The summed E-state index contributed by atoms with van der Waals surface area (Å²) in [7, 11) is 2.89. The fourth-order valence-electron chi connectivity index (χ4n) is 2.16. The summed E-state index contributed by atoms with van der Waals surface area (Å²) in [5.41, 5.74) is 6.09. The third-order valence-corrected chi connectivity index (χ3v) is 4.10. The number of ether oxygens (including phenoxy) is 2. The summed E-state index contributed by atoms with van der Waals surface area (Å²) in [6, 6.07) is 16.5. The van der Waals surface area contributed by atoms with Crippen LogP contribution in [0.4, 0.5) is 0 Å². The number of hydrogen-bond donors (Lipinski definition) is 0. The van der Waals surface area contributed by atoms with Crippen molar-refractivity contribution in [2.75, 3.05) is 14.2 Å². The highest BCUT2D eigenvalue weighted by Gasteiger charge is 2.07. The highest BCUT2D eigenvalue weighted by Crippen LogP contribution is 2.27. The molecule has 0 saturated heterocycles. The first-order chi connectivity index (χ1) is 10.1. The molecule has 0 atom stereocenters. The van der Waals surface area contributed by atoms with E-state index in [0.717, 1.165) is 11.5 Å². The highest BCUT2D eigenvalue weighted by molar-refractivity contribution is 6.62. The van der Waals surface area contributed by atoms with Crippen LogP contribution in [0.5, 0.6) is 11.5 Å². The smallest absolute Gasteiger partial charge is 0.118 e. The lowest BCUT2D eigenvalue weighted by Gasteiger charge is -2.11. The van der Waals surface area contributed by atoms with Crippen LogP contribution in [0.3, 0.4) is 0 Å². The average molecular weight is 297 g/mol. The zero-order valence-electron chi connectivity index (χ0n) is 13.0. The minimum atomic E-state index is -0.483. The molecule has 0 spiro atoms. The molecule has 0 aliphatic heterocycles. The fourth-order valence-corrected chi connectivity index (χ4v) is 3.07. The van der Waals surface area contributed by atoms with Crippen LogP contribution >= 0.6 is 0 Å². The molecule has 0 N–H and O–H groups in total. The SMILES string of the molecule is COc1ccc(C(=C[Si](C)C)c2ccc(OC)cc2)cc1. The van der Waals surface area contributed by atoms with Gasteiger partial charge in [-0.15, -0.1) is 0 Å². The van der Waals surface area contributed by atoms with Crippen molar-refractivity contribution in [2.45, 2.75) is 13.1 Å². The van der Waals surface area contributed by atoms with E-state index in [9.17, 15) is 0 Å². The maximum absolute atomic E-state index is 5.24. The van der Waals surface area contributed by atoms with Crippen molar-refractivity contribution in [1.82, 2.24) is 0 Å². The third-order valence-electron chi connectivity index (χ3n) is 3.24. The van der Waals surface area contributed by atoms with Crippen LogP contribution in [0.25, 0.3) is 5.57 Å². The Morgan fingerprint density at radius 3 is 1.43 bits per heavy atom. The Morgan fingerprint density at radius 2 is 1.14 bits per heavy atom. The molecule has 21 heavy (non-hydrogen) atoms. The largest absolute Gasteiger partial charge is 0.497 e. The van der Waals surface area contributed by atoms with E-state index >= 15 is 0 Å². The summed E-state index contributed by atoms with van der Waals surface area (Å²) in [6.07, 6.45) is 0. The van der Waals surface area contributed by atoms with E-state index in [1.807, 2.05) is 24.3 Å². The van der Waals surface area contributed by atoms with Gasteiger partial charge in [0.15, 0.2) is 0 Å². The monoisotopic (exact) mass is 297 g/mol. The molecule has 2 rings (SSSR count). The first kappa shape index (κ1) is 15.4. The first-order valence-corrected chi connectivity index (χ1v) is 9.52. The number of methoxy groups -OCH3 is 2. The van der Waals surface area contributed by atoms with E-state index in [0.29, 0.717) is 0 Å². The lowest BCUT2D eigenvalue weighted by Crippen LogP contribution is -1.98. The molecule has 3 heteroatoms. The highest BCUT2D eigenvalue weighted by atomic mass is 28.3. The Labute approximate surface area is 128 Å². The summed E-state index contributed by atoms with van der Waals surface area (Å²) in [5, 5.41) is 0. The zero-order chi connectivity index (χ0) is 15.2. The van der Waals surface area contributed by atoms with Gasteiger partial charge >= 0.3 is 0 Å². The Hall–Kier alpha value is -2.00. The van der Waals surface area contributed by atoms with Gasteiger partial charge in [-0.1, -0.05) is 43.1 Å². The maximum atomic E-state index is 5.24. The molecule has 0 amide bonds. The molecule has 2 aromatic rings. The second kappa shape index (κ2) is 7.13. The Morgan fingerprint density at radius 1 is 0.762 bits per heavy atom. The van der Waals surface area contributed by atoms with Crippen molar-refractivity contribution in [2.24, 2.45) is 0 Å². The molecule has 109 valence electrons. The third kappa shape index (κ3) is 3.98. The summed E-state index contributed by atoms with van der Waals surface area (Å²) in [4.78, 5) is 0. The molecule has 0 saturated carbocycles. The number of hydrogen-bond acceptors (Lipinski definition) is 2. The Balaban J connectivity index is 2.41. The second-order valence-corrected chi connectivity index (χ2v) is 7.54. The zero-order valence-corrected chi connectivity index (χ0v) is 14.0. The lowest BCUT2D eigenvalue weighted by atomic mass is 9.99. The molecule has 0 aliphatic rings. The van der Waals surface area contributed by atoms with Crippen molar-refractivity contribution in [1.29, 1.82) is 0 Å². The molecular formula is C18H21O2Si. The molecule has 0 heterocycles. The van der Waals surface area contributed by atoms with Crippen molar-refractivity contribution in [3.05, 3.63) is 65.4 Å². The predicted molar refractivity (Wildman–Crippen MR) is 90.5 cm³/mol. The van der Waals surface area contributed by atoms with Crippen molar-refractivity contribution in [3.63, 3.8) is 0 Å². The van der Waals surface area contributed by atoms with Crippen LogP contribution < -0.4 is 9.47 Å². The van der Waals surface area contributed by atoms with Crippen LogP contribution in [0.15, 0.2) is 54.2 Å². The van der Waals surface area contributed by atoms with Crippen molar-refractivity contribution >= 4 is 14.4 Å². The molecule has 0 unspecified atom stereocenters. The predicted octanol–water partition coefficient (Wildman–Crippen LogP) is 4.43. The van der Waals surface area contributed by atoms with Crippen LogP contribution in [-0.4, -0.2) is 23.0 Å². The van der Waals surface area contributed by atoms with E-state index in [4.69, 9.17) is 9.47 Å². The molecule has 0 aliphatic carbocycles. The van der Waals surface area contributed by atoms with E-state index in [-0.39, 0.29) is 0 Å².